The van der Waals surface area contributed by atoms with Crippen LogP contribution in [0.1, 0.15) is 49.2 Å². The molecule has 0 aliphatic carbocycles. The van der Waals surface area contributed by atoms with Gasteiger partial charge in [0.05, 0.1) is 0 Å². The minimum atomic E-state index is -1.10. The molecule has 28 heavy (non-hydrogen) atoms. The highest BCUT2D eigenvalue weighted by molar-refractivity contribution is 6.30. The lowest BCUT2D eigenvalue weighted by Gasteiger charge is -2.32. The lowest BCUT2D eigenvalue weighted by atomic mass is 10.1. The van der Waals surface area contributed by atoms with Crippen molar-refractivity contribution in [3.8, 4) is 5.75 Å². The molecule has 150 valence electrons. The molecule has 3 rings (SSSR count). The lowest BCUT2D eigenvalue weighted by molar-refractivity contribution is -0.147. The second-order valence-corrected chi connectivity index (χ2v) is 7.82. The number of carbonyl (C=O) groups excluding carboxylic acids is 2. The van der Waals surface area contributed by atoms with Gasteiger partial charge < -0.3 is 19.1 Å². The van der Waals surface area contributed by atoms with E-state index in [0.717, 1.165) is 6.42 Å². The van der Waals surface area contributed by atoms with Crippen LogP contribution in [-0.4, -0.2) is 58.0 Å². The molecule has 0 radical (unpaired) electrons. The second kappa shape index (κ2) is 7.79. The molecule has 0 spiro atoms. The zero-order chi connectivity index (χ0) is 20.5. The summed E-state index contributed by atoms with van der Waals surface area (Å²) in [5.41, 5.74) is -1.10. The molecule has 1 aliphatic rings. The second-order valence-electron chi connectivity index (χ2n) is 7.38. The summed E-state index contributed by atoms with van der Waals surface area (Å²) in [5.74, 6) is 0.255. The quantitative estimate of drug-likeness (QED) is 0.758. The number of aromatic nitrogens is 2. The fraction of sp³-hybridized carbons (Fsp3) is 0.474. The molecule has 1 fully saturated rings. The number of likely N-dealkylation sites (tertiary alicyclic amines) is 1. The number of hydrogen-bond acceptors (Lipinski definition) is 6. The number of carbonyl (C=O) groups is 2. The third-order valence-corrected chi connectivity index (χ3v) is 4.79. The van der Waals surface area contributed by atoms with Gasteiger partial charge in [0.1, 0.15) is 11.8 Å². The summed E-state index contributed by atoms with van der Waals surface area (Å²) >= 11 is 5.90. The number of rotatable bonds is 5. The van der Waals surface area contributed by atoms with Crippen LogP contribution in [0.4, 0.5) is 0 Å². The molecule has 1 aromatic heterocycles. The number of halogens is 1. The van der Waals surface area contributed by atoms with Gasteiger partial charge in [0.15, 0.2) is 5.60 Å². The Balaban J connectivity index is 1.77. The summed E-state index contributed by atoms with van der Waals surface area (Å²) < 4.78 is 11.2. The Hall–Kier alpha value is -2.61. The number of ether oxygens (including phenoxy) is 1. The average Bonchev–Trinajstić information content (AvgIpc) is 3.31. The predicted octanol–water partition coefficient (Wildman–Crippen LogP) is 2.95. The van der Waals surface area contributed by atoms with Crippen LogP contribution in [0.25, 0.3) is 0 Å². The first-order valence-electron chi connectivity index (χ1n) is 9.00. The van der Waals surface area contributed by atoms with Crippen molar-refractivity contribution < 1.29 is 18.8 Å². The molecule has 1 saturated heterocycles. The smallest absolute Gasteiger partial charge is 0.294 e. The molecule has 2 aromatic rings. The Morgan fingerprint density at radius 1 is 1.29 bits per heavy atom. The Morgan fingerprint density at radius 3 is 2.61 bits per heavy atom. The van der Waals surface area contributed by atoms with Gasteiger partial charge in [-0.2, -0.15) is 4.98 Å². The fourth-order valence-corrected chi connectivity index (χ4v) is 3.24. The Kier molecular flexibility index (Phi) is 5.60. The van der Waals surface area contributed by atoms with Crippen LogP contribution >= 0.6 is 11.6 Å². The Bertz CT molecular complexity index is 863. The van der Waals surface area contributed by atoms with Crippen LogP contribution in [0.5, 0.6) is 5.75 Å². The monoisotopic (exact) mass is 406 g/mol. The lowest BCUT2D eigenvalue weighted by Crippen LogP contribution is -2.48. The molecule has 9 heteroatoms. The number of nitrogens with zero attached hydrogens (tertiary/aromatic N) is 4. The van der Waals surface area contributed by atoms with E-state index in [0.29, 0.717) is 23.7 Å². The molecule has 0 N–H and O–H groups in total. The third kappa shape index (κ3) is 4.11. The number of amides is 2. The van der Waals surface area contributed by atoms with Gasteiger partial charge in [-0.25, -0.2) is 0 Å². The molecule has 1 aromatic carbocycles. The minimum Gasteiger partial charge on any atom is -0.478 e. The van der Waals surface area contributed by atoms with Crippen molar-refractivity contribution >= 4 is 23.4 Å². The van der Waals surface area contributed by atoms with E-state index < -0.39 is 5.60 Å². The number of hydrogen-bond donors (Lipinski definition) is 0. The van der Waals surface area contributed by atoms with Crippen molar-refractivity contribution in [1.29, 1.82) is 0 Å². The highest BCUT2D eigenvalue weighted by Gasteiger charge is 2.42. The first-order valence-corrected chi connectivity index (χ1v) is 9.38. The number of benzene rings is 1. The molecule has 0 bridgehead atoms. The summed E-state index contributed by atoms with van der Waals surface area (Å²) in [6.45, 7) is 3.98. The van der Waals surface area contributed by atoms with E-state index in [1.54, 1.807) is 57.1 Å². The summed E-state index contributed by atoms with van der Waals surface area (Å²) in [6.07, 6.45) is 1.48. The average molecular weight is 407 g/mol. The van der Waals surface area contributed by atoms with Crippen molar-refractivity contribution in [3.05, 3.63) is 41.0 Å². The molecular formula is C19H23ClN4O4. The van der Waals surface area contributed by atoms with Gasteiger partial charge >= 0.3 is 0 Å². The highest BCUT2D eigenvalue weighted by Crippen LogP contribution is 2.34. The maximum Gasteiger partial charge on any atom is 0.294 e. The molecule has 0 saturated carbocycles. The maximum atomic E-state index is 13.2. The molecular weight excluding hydrogens is 384 g/mol. The van der Waals surface area contributed by atoms with Crippen molar-refractivity contribution in [2.75, 3.05) is 20.6 Å². The van der Waals surface area contributed by atoms with Crippen LogP contribution in [0.3, 0.4) is 0 Å². The van der Waals surface area contributed by atoms with Gasteiger partial charge in [-0.1, -0.05) is 16.8 Å². The Labute approximate surface area is 168 Å². The van der Waals surface area contributed by atoms with Gasteiger partial charge in [0, 0.05) is 25.7 Å². The van der Waals surface area contributed by atoms with Crippen molar-refractivity contribution in [2.45, 2.75) is 38.3 Å². The van der Waals surface area contributed by atoms with Crippen molar-refractivity contribution in [1.82, 2.24) is 19.9 Å². The van der Waals surface area contributed by atoms with E-state index >= 15 is 0 Å². The molecule has 8 nitrogen and oxygen atoms in total. The molecule has 2 heterocycles. The first-order chi connectivity index (χ1) is 13.2. The predicted molar refractivity (Wildman–Crippen MR) is 102 cm³/mol. The van der Waals surface area contributed by atoms with Gasteiger partial charge in [0.2, 0.25) is 5.89 Å². The van der Waals surface area contributed by atoms with Crippen molar-refractivity contribution in [3.63, 3.8) is 0 Å². The van der Waals surface area contributed by atoms with Crippen LogP contribution in [0.2, 0.25) is 5.02 Å². The Morgan fingerprint density at radius 2 is 1.96 bits per heavy atom. The highest BCUT2D eigenvalue weighted by atomic mass is 35.5. The van der Waals surface area contributed by atoms with E-state index in [1.807, 2.05) is 0 Å². The zero-order valence-electron chi connectivity index (χ0n) is 16.3. The van der Waals surface area contributed by atoms with Crippen LogP contribution in [0.15, 0.2) is 28.8 Å². The van der Waals surface area contributed by atoms with E-state index in [-0.39, 0.29) is 29.6 Å². The normalized spacial score (nSPS) is 16.9. The van der Waals surface area contributed by atoms with Crippen LogP contribution < -0.4 is 4.74 Å². The van der Waals surface area contributed by atoms with E-state index in [9.17, 15) is 9.59 Å². The summed E-state index contributed by atoms with van der Waals surface area (Å²) in [6, 6.07) is 6.47. The fourth-order valence-electron chi connectivity index (χ4n) is 3.11. The van der Waals surface area contributed by atoms with Crippen LogP contribution in [-0.2, 0) is 4.79 Å². The standard InChI is InChI=1S/C19H23ClN4O4/c1-19(2,27-13-9-7-12(20)8-10-13)18(26)24-11-5-6-14(24)16-21-15(22-28-16)17(25)23(3)4/h7-10,14H,5-6,11H2,1-4H3/t14-/m0/s1. The molecule has 1 aliphatic heterocycles. The summed E-state index contributed by atoms with van der Waals surface area (Å²) in [5, 5.41) is 4.35. The van der Waals surface area contributed by atoms with Gasteiger partial charge in [-0.3, -0.25) is 9.59 Å². The zero-order valence-corrected chi connectivity index (χ0v) is 17.1. The summed E-state index contributed by atoms with van der Waals surface area (Å²) in [4.78, 5) is 32.4. The largest absolute Gasteiger partial charge is 0.478 e. The molecule has 1 atom stereocenters. The maximum absolute atomic E-state index is 13.2. The van der Waals surface area contributed by atoms with Gasteiger partial charge in [-0.15, -0.1) is 0 Å². The first kappa shape index (κ1) is 20.1. The third-order valence-electron chi connectivity index (χ3n) is 4.54. The molecule has 0 unspecified atom stereocenters. The van der Waals surface area contributed by atoms with Gasteiger partial charge in [-0.05, 0) is 51.0 Å². The van der Waals surface area contributed by atoms with Gasteiger partial charge in [0.25, 0.3) is 17.6 Å². The molecule has 2 amide bonds. The SMILES string of the molecule is CN(C)C(=O)c1noc([C@@H]2CCCN2C(=O)C(C)(C)Oc2ccc(Cl)cc2)n1. The van der Waals surface area contributed by atoms with E-state index in [2.05, 4.69) is 10.1 Å². The van der Waals surface area contributed by atoms with E-state index in [4.69, 9.17) is 20.9 Å². The van der Waals surface area contributed by atoms with E-state index in [1.165, 1.54) is 4.90 Å². The summed E-state index contributed by atoms with van der Waals surface area (Å²) in [7, 11) is 3.22. The van der Waals surface area contributed by atoms with Crippen molar-refractivity contribution in [2.24, 2.45) is 0 Å². The minimum absolute atomic E-state index is 0.0176. The topological polar surface area (TPSA) is 88.8 Å². The van der Waals surface area contributed by atoms with Crippen LogP contribution in [0, 0.1) is 0 Å².